The lowest BCUT2D eigenvalue weighted by Gasteiger charge is -2.28. The van der Waals surface area contributed by atoms with Crippen LogP contribution in [0.2, 0.25) is 0 Å². The van der Waals surface area contributed by atoms with Crippen LogP contribution in [0.4, 0.5) is 4.39 Å². The van der Waals surface area contributed by atoms with Crippen molar-refractivity contribution < 1.29 is 24.1 Å². The van der Waals surface area contributed by atoms with Gasteiger partial charge in [0.05, 0.1) is 29.0 Å². The molecule has 4 N–H and O–H groups in total. The third-order valence-corrected chi connectivity index (χ3v) is 7.24. The monoisotopic (exact) mass is 525 g/mol. The Bertz CT molecular complexity index is 1460. The Morgan fingerprint density at radius 1 is 1.21 bits per heavy atom. The third-order valence-electron chi connectivity index (χ3n) is 7.24. The zero-order chi connectivity index (χ0) is 27.9. The van der Waals surface area contributed by atoms with Crippen molar-refractivity contribution >= 4 is 16.9 Å². The minimum absolute atomic E-state index is 0.0333. The fourth-order valence-corrected chi connectivity index (χ4v) is 5.64. The fraction of sp³-hybridized carbons (Fsp3) is 0.483. The van der Waals surface area contributed by atoms with E-state index >= 15 is 0 Å². The van der Waals surface area contributed by atoms with Crippen molar-refractivity contribution in [2.75, 3.05) is 6.61 Å². The second-order valence-electron chi connectivity index (χ2n) is 10.1. The normalized spacial score (nSPS) is 18.5. The lowest BCUT2D eigenvalue weighted by Crippen LogP contribution is -2.32. The number of ether oxygens (including phenoxy) is 1. The van der Waals surface area contributed by atoms with Crippen molar-refractivity contribution in [1.29, 1.82) is 0 Å². The number of aryl methyl sites for hydroxylation is 1. The number of benzene rings is 1. The molecule has 0 fully saturated rings. The molecule has 2 aromatic heterocycles. The highest BCUT2D eigenvalue weighted by Crippen LogP contribution is 2.46. The summed E-state index contributed by atoms with van der Waals surface area (Å²) in [6, 6.07) is 3.40. The molecule has 0 saturated heterocycles. The SMILES string of the molecule is CC.CC(C)N.Cc1c(F)cc2nc3c(c4c2c1CCC4CCO)Cn1c-3cc2c(c1=O)COC(=O)C2O. The number of cyclic esters (lactones) is 1. The van der Waals surface area contributed by atoms with Crippen LogP contribution < -0.4 is 11.3 Å². The highest BCUT2D eigenvalue weighted by molar-refractivity contribution is 5.93. The molecule has 9 heteroatoms. The van der Waals surface area contributed by atoms with Gasteiger partial charge in [-0.2, -0.15) is 0 Å². The minimum Gasteiger partial charge on any atom is -0.458 e. The van der Waals surface area contributed by atoms with E-state index in [4.69, 9.17) is 15.5 Å². The molecule has 4 heterocycles. The Morgan fingerprint density at radius 3 is 2.55 bits per heavy atom. The Morgan fingerprint density at radius 2 is 1.89 bits per heavy atom. The number of esters is 1. The molecule has 2 aliphatic heterocycles. The van der Waals surface area contributed by atoms with Crippen LogP contribution in [0.25, 0.3) is 22.3 Å². The first kappa shape index (κ1) is 27.9. The van der Waals surface area contributed by atoms with Crippen molar-refractivity contribution in [2.24, 2.45) is 5.73 Å². The van der Waals surface area contributed by atoms with Crippen molar-refractivity contribution in [3.63, 3.8) is 0 Å². The van der Waals surface area contributed by atoms with Gasteiger partial charge in [0, 0.05) is 29.2 Å². The number of fused-ring (bicyclic) bond motifs is 5. The van der Waals surface area contributed by atoms with E-state index in [1.807, 2.05) is 27.7 Å². The molecule has 0 saturated carbocycles. The van der Waals surface area contributed by atoms with Crippen LogP contribution in [0.3, 0.4) is 0 Å². The molecule has 8 nitrogen and oxygen atoms in total. The molecule has 3 aliphatic rings. The number of pyridine rings is 2. The van der Waals surface area contributed by atoms with Crippen molar-refractivity contribution in [1.82, 2.24) is 9.55 Å². The van der Waals surface area contributed by atoms with Gasteiger partial charge in [-0.25, -0.2) is 14.2 Å². The number of rotatable bonds is 2. The Kier molecular flexibility index (Phi) is 8.01. The molecular weight excluding hydrogens is 489 g/mol. The average Bonchev–Trinajstić information content (AvgIpc) is 3.25. The maximum absolute atomic E-state index is 14.7. The number of carbonyl (C=O) groups excluding carboxylic acids is 1. The van der Waals surface area contributed by atoms with Crippen LogP contribution in [-0.2, 0) is 29.1 Å². The molecule has 0 spiro atoms. The Balaban J connectivity index is 0.000000515. The number of halogens is 1. The van der Waals surface area contributed by atoms with Gasteiger partial charge >= 0.3 is 5.97 Å². The van der Waals surface area contributed by atoms with Gasteiger partial charge in [-0.05, 0) is 60.9 Å². The number of aliphatic hydroxyl groups is 2. The van der Waals surface area contributed by atoms with E-state index < -0.39 is 12.1 Å². The molecule has 38 heavy (non-hydrogen) atoms. The number of aromatic nitrogens is 2. The molecule has 2 unspecified atom stereocenters. The predicted octanol–water partition coefficient (Wildman–Crippen LogP) is 3.75. The van der Waals surface area contributed by atoms with E-state index in [-0.39, 0.29) is 41.6 Å². The summed E-state index contributed by atoms with van der Waals surface area (Å²) in [5.74, 6) is -1.02. The van der Waals surface area contributed by atoms with Crippen molar-refractivity contribution in [3.05, 3.63) is 61.7 Å². The number of nitrogens with two attached hydrogens (primary N) is 1. The third kappa shape index (κ3) is 4.52. The number of nitrogens with zero attached hydrogens (tertiary/aromatic N) is 2. The van der Waals surface area contributed by atoms with Gasteiger partial charge in [0.25, 0.3) is 5.56 Å². The maximum Gasteiger partial charge on any atom is 0.340 e. The average molecular weight is 526 g/mol. The minimum atomic E-state index is -1.52. The molecule has 6 rings (SSSR count). The van der Waals surface area contributed by atoms with Gasteiger partial charge in [0.15, 0.2) is 6.10 Å². The summed E-state index contributed by atoms with van der Waals surface area (Å²) in [4.78, 5) is 29.9. The number of carbonyl (C=O) groups is 1. The number of aliphatic hydroxyl groups excluding tert-OH is 2. The summed E-state index contributed by atoms with van der Waals surface area (Å²) in [5, 5.41) is 20.9. The first-order valence-electron chi connectivity index (χ1n) is 13.3. The molecule has 0 bridgehead atoms. The van der Waals surface area contributed by atoms with Crippen LogP contribution in [0.15, 0.2) is 16.9 Å². The molecule has 0 radical (unpaired) electrons. The summed E-state index contributed by atoms with van der Waals surface area (Å²) in [7, 11) is 0. The largest absolute Gasteiger partial charge is 0.458 e. The Labute approximate surface area is 221 Å². The second-order valence-corrected chi connectivity index (χ2v) is 10.1. The summed E-state index contributed by atoms with van der Waals surface area (Å²) in [6.45, 7) is 9.83. The second kappa shape index (κ2) is 10.9. The zero-order valence-electron chi connectivity index (χ0n) is 22.6. The quantitative estimate of drug-likeness (QED) is 0.340. The molecule has 0 amide bonds. The van der Waals surface area contributed by atoms with E-state index in [1.54, 1.807) is 17.6 Å². The molecule has 2 atom stereocenters. The van der Waals surface area contributed by atoms with E-state index in [9.17, 15) is 24.2 Å². The topological polar surface area (TPSA) is 128 Å². The van der Waals surface area contributed by atoms with Crippen LogP contribution in [-0.4, -0.2) is 38.4 Å². The lowest BCUT2D eigenvalue weighted by atomic mass is 9.77. The fourth-order valence-electron chi connectivity index (χ4n) is 5.64. The van der Waals surface area contributed by atoms with Crippen LogP contribution in [0, 0.1) is 12.7 Å². The maximum atomic E-state index is 14.7. The van der Waals surface area contributed by atoms with E-state index in [1.165, 1.54) is 6.07 Å². The summed E-state index contributed by atoms with van der Waals surface area (Å²) in [6.07, 6.45) is 0.552. The van der Waals surface area contributed by atoms with Crippen LogP contribution in [0.5, 0.6) is 0 Å². The van der Waals surface area contributed by atoms with Crippen LogP contribution >= 0.6 is 0 Å². The highest BCUT2D eigenvalue weighted by atomic mass is 19.1. The first-order chi connectivity index (χ1) is 18.1. The number of hydrogen-bond donors (Lipinski definition) is 3. The van der Waals surface area contributed by atoms with Gasteiger partial charge in [0.1, 0.15) is 12.4 Å². The first-order valence-corrected chi connectivity index (χ1v) is 13.3. The van der Waals surface area contributed by atoms with E-state index in [0.29, 0.717) is 47.9 Å². The van der Waals surface area contributed by atoms with Crippen molar-refractivity contribution in [3.8, 4) is 11.4 Å². The summed E-state index contributed by atoms with van der Waals surface area (Å²) >= 11 is 0. The molecule has 1 aliphatic carbocycles. The summed E-state index contributed by atoms with van der Waals surface area (Å²) < 4.78 is 21.3. The zero-order valence-corrected chi connectivity index (χ0v) is 22.6. The van der Waals surface area contributed by atoms with Gasteiger partial charge < -0.3 is 25.3 Å². The van der Waals surface area contributed by atoms with Gasteiger partial charge in [0.2, 0.25) is 0 Å². The highest BCUT2D eigenvalue weighted by Gasteiger charge is 2.37. The number of hydrogen-bond acceptors (Lipinski definition) is 7. The van der Waals surface area contributed by atoms with Gasteiger partial charge in [-0.15, -0.1) is 0 Å². The molecule has 1 aromatic carbocycles. The molecular formula is C29H36FN3O5. The van der Waals surface area contributed by atoms with E-state index in [0.717, 1.165) is 28.5 Å². The lowest BCUT2D eigenvalue weighted by molar-refractivity contribution is -0.157. The smallest absolute Gasteiger partial charge is 0.340 e. The van der Waals surface area contributed by atoms with Crippen molar-refractivity contribution in [2.45, 2.75) is 85.1 Å². The van der Waals surface area contributed by atoms with Gasteiger partial charge in [-0.3, -0.25) is 4.79 Å². The van der Waals surface area contributed by atoms with Gasteiger partial charge in [-0.1, -0.05) is 27.7 Å². The molecule has 3 aromatic rings. The predicted molar refractivity (Wildman–Crippen MR) is 143 cm³/mol. The summed E-state index contributed by atoms with van der Waals surface area (Å²) in [5.41, 5.74) is 10.4. The van der Waals surface area contributed by atoms with Crippen LogP contribution in [0.1, 0.15) is 85.9 Å². The standard InChI is InChI=1S/C24H21FN2O5.C3H9N.C2H6/c1-10-12-3-2-11(4-5-28)19-14-8-27-18(21(14)26-17(20(12)19)7-16(10)25)6-13-15(23(27)30)9-32-24(31)22(13)29;1-3(2)4;1-2/h6-7,11,22,28-29H,2-5,8-9H2,1H3;3H,4H2,1-2H3;1-2H3. The molecule has 204 valence electrons. The van der Waals surface area contributed by atoms with E-state index in [2.05, 4.69) is 0 Å². The Hall–Kier alpha value is -3.14.